The topological polar surface area (TPSA) is 0 Å². The molecule has 0 fully saturated rings. The molecule has 0 unspecified atom stereocenters. The summed E-state index contributed by atoms with van der Waals surface area (Å²) in [6, 6.07) is 0. The van der Waals surface area contributed by atoms with E-state index in [9.17, 15) is 0 Å². The van der Waals surface area contributed by atoms with E-state index in [1.807, 2.05) is 0 Å². The maximum atomic E-state index is 2.40. The van der Waals surface area contributed by atoms with Crippen LogP contribution in [0.5, 0.6) is 0 Å². The Hall–Kier alpha value is 0.470. The monoisotopic (exact) mass is 224 g/mol. The van der Waals surface area contributed by atoms with Crippen LogP contribution in [0.3, 0.4) is 0 Å². The zero-order valence-corrected chi connectivity index (χ0v) is 7.73. The molecule has 0 N–H and O–H groups in total. The second kappa shape index (κ2) is 5.60. The first-order valence-corrected chi connectivity index (χ1v) is 4.55. The highest BCUT2D eigenvalue weighted by Crippen LogP contribution is 2.02. The van der Waals surface area contributed by atoms with Crippen LogP contribution >= 0.6 is 22.6 Å². The molecule has 0 amide bonds. The predicted octanol–water partition coefficient (Wildman–Crippen LogP) is 3.17. The molecular formula is C7H13I. The predicted molar refractivity (Wildman–Crippen MR) is 47.6 cm³/mol. The highest BCUT2D eigenvalue weighted by Gasteiger charge is 1.83. The summed E-state index contributed by atoms with van der Waals surface area (Å²) < 4.78 is 1.25. The van der Waals surface area contributed by atoms with E-state index in [1.54, 1.807) is 0 Å². The quantitative estimate of drug-likeness (QED) is 0.392. The van der Waals surface area contributed by atoms with Crippen LogP contribution in [0.2, 0.25) is 0 Å². The lowest BCUT2D eigenvalue weighted by molar-refractivity contribution is 1.08. The fourth-order valence-electron chi connectivity index (χ4n) is 0.600. The fraction of sp³-hybridized carbons (Fsp3) is 0.714. The van der Waals surface area contributed by atoms with Gasteiger partial charge in [0.25, 0.3) is 0 Å². The number of rotatable bonds is 3. The van der Waals surface area contributed by atoms with Crippen molar-refractivity contribution in [3.63, 3.8) is 0 Å². The molecule has 0 saturated carbocycles. The van der Waals surface area contributed by atoms with Gasteiger partial charge in [-0.2, -0.15) is 0 Å². The number of alkyl halides is 1. The van der Waals surface area contributed by atoms with Crippen LogP contribution in [0.15, 0.2) is 11.6 Å². The standard InChI is InChI=1S/C7H13I/c1-3-4-7(2)5-6-8/h4H,3,5-6H2,1-2H3/b7-4+. The second-order valence-electron chi connectivity index (χ2n) is 1.90. The number of hydrogen-bond donors (Lipinski definition) is 0. The summed E-state index contributed by atoms with van der Waals surface area (Å²) in [5.41, 5.74) is 1.53. The molecule has 0 aliphatic rings. The van der Waals surface area contributed by atoms with Crippen LogP contribution in [0.4, 0.5) is 0 Å². The molecule has 0 aliphatic heterocycles. The van der Waals surface area contributed by atoms with Crippen molar-refractivity contribution >= 4 is 22.6 Å². The molecule has 0 atom stereocenters. The van der Waals surface area contributed by atoms with Gasteiger partial charge in [-0.1, -0.05) is 41.2 Å². The van der Waals surface area contributed by atoms with E-state index >= 15 is 0 Å². The van der Waals surface area contributed by atoms with E-state index in [2.05, 4.69) is 42.5 Å². The minimum Gasteiger partial charge on any atom is -0.0860 e. The molecule has 0 heterocycles. The molecule has 0 aromatic carbocycles. The summed E-state index contributed by atoms with van der Waals surface area (Å²) in [6.07, 6.45) is 4.73. The minimum absolute atomic E-state index is 1.18. The summed E-state index contributed by atoms with van der Waals surface area (Å²) >= 11 is 2.40. The Morgan fingerprint density at radius 3 is 2.62 bits per heavy atom. The van der Waals surface area contributed by atoms with E-state index in [4.69, 9.17) is 0 Å². The molecule has 0 rings (SSSR count). The molecule has 1 heteroatoms. The van der Waals surface area contributed by atoms with Crippen LogP contribution in [0.25, 0.3) is 0 Å². The minimum atomic E-state index is 1.18. The highest BCUT2D eigenvalue weighted by atomic mass is 127. The fourth-order valence-corrected chi connectivity index (χ4v) is 1.45. The number of halogens is 1. The van der Waals surface area contributed by atoms with Crippen LogP contribution < -0.4 is 0 Å². The second-order valence-corrected chi connectivity index (χ2v) is 2.98. The van der Waals surface area contributed by atoms with Crippen molar-refractivity contribution in [1.29, 1.82) is 0 Å². The van der Waals surface area contributed by atoms with Gasteiger partial charge in [0.15, 0.2) is 0 Å². The third kappa shape index (κ3) is 4.62. The van der Waals surface area contributed by atoms with Crippen molar-refractivity contribution in [3.8, 4) is 0 Å². The SMILES string of the molecule is CC/C=C(\C)CCI. The van der Waals surface area contributed by atoms with Crippen molar-refractivity contribution in [2.75, 3.05) is 4.43 Å². The lowest BCUT2D eigenvalue weighted by Crippen LogP contribution is -1.75. The first-order chi connectivity index (χ1) is 3.81. The van der Waals surface area contributed by atoms with E-state index < -0.39 is 0 Å². The van der Waals surface area contributed by atoms with Crippen molar-refractivity contribution < 1.29 is 0 Å². The highest BCUT2D eigenvalue weighted by molar-refractivity contribution is 14.1. The van der Waals surface area contributed by atoms with Crippen LogP contribution in [-0.4, -0.2) is 4.43 Å². The lowest BCUT2D eigenvalue weighted by atomic mass is 10.2. The Kier molecular flexibility index (Phi) is 5.93. The van der Waals surface area contributed by atoms with Gasteiger partial charge in [0.2, 0.25) is 0 Å². The van der Waals surface area contributed by atoms with Gasteiger partial charge in [-0.05, 0) is 19.8 Å². The van der Waals surface area contributed by atoms with Crippen molar-refractivity contribution in [1.82, 2.24) is 0 Å². The van der Waals surface area contributed by atoms with Gasteiger partial charge >= 0.3 is 0 Å². The van der Waals surface area contributed by atoms with Crippen LogP contribution in [-0.2, 0) is 0 Å². The third-order valence-corrected chi connectivity index (χ3v) is 1.58. The summed E-state index contributed by atoms with van der Waals surface area (Å²) in [5.74, 6) is 0. The summed E-state index contributed by atoms with van der Waals surface area (Å²) in [5, 5.41) is 0. The Bertz CT molecular complexity index is 74.5. The number of allylic oxidation sites excluding steroid dienone is 2. The summed E-state index contributed by atoms with van der Waals surface area (Å²) in [6.45, 7) is 4.37. The van der Waals surface area contributed by atoms with Gasteiger partial charge in [-0.25, -0.2) is 0 Å². The molecule has 0 aromatic rings. The molecular weight excluding hydrogens is 211 g/mol. The third-order valence-electron chi connectivity index (χ3n) is 1.04. The largest absolute Gasteiger partial charge is 0.0860 e. The molecule has 0 spiro atoms. The normalized spacial score (nSPS) is 12.1. The van der Waals surface area contributed by atoms with Gasteiger partial charge in [0.05, 0.1) is 0 Å². The summed E-state index contributed by atoms with van der Waals surface area (Å²) in [7, 11) is 0. The zero-order valence-electron chi connectivity index (χ0n) is 5.58. The molecule has 8 heavy (non-hydrogen) atoms. The van der Waals surface area contributed by atoms with Gasteiger partial charge in [0, 0.05) is 4.43 Å². The Labute approximate surface area is 65.5 Å². The van der Waals surface area contributed by atoms with Gasteiger partial charge in [0.1, 0.15) is 0 Å². The van der Waals surface area contributed by atoms with Crippen molar-refractivity contribution in [2.24, 2.45) is 0 Å². The van der Waals surface area contributed by atoms with Gasteiger partial charge in [-0.3, -0.25) is 0 Å². The van der Waals surface area contributed by atoms with E-state index in [1.165, 1.54) is 22.8 Å². The number of hydrogen-bond acceptors (Lipinski definition) is 0. The van der Waals surface area contributed by atoms with Crippen LogP contribution in [0, 0.1) is 0 Å². The average molecular weight is 224 g/mol. The first kappa shape index (κ1) is 8.47. The molecule has 0 nitrogen and oxygen atoms in total. The van der Waals surface area contributed by atoms with E-state index in [-0.39, 0.29) is 0 Å². The Morgan fingerprint density at radius 2 is 2.25 bits per heavy atom. The molecule has 0 aliphatic carbocycles. The zero-order chi connectivity index (χ0) is 6.41. The molecule has 0 aromatic heterocycles. The lowest BCUT2D eigenvalue weighted by Gasteiger charge is -1.92. The maximum Gasteiger partial charge on any atom is 0.00324 e. The van der Waals surface area contributed by atoms with Crippen molar-refractivity contribution in [2.45, 2.75) is 26.7 Å². The summed E-state index contributed by atoms with van der Waals surface area (Å²) in [4.78, 5) is 0. The Morgan fingerprint density at radius 1 is 1.62 bits per heavy atom. The van der Waals surface area contributed by atoms with E-state index in [0.29, 0.717) is 0 Å². The van der Waals surface area contributed by atoms with Crippen molar-refractivity contribution in [3.05, 3.63) is 11.6 Å². The molecule has 0 radical (unpaired) electrons. The average Bonchev–Trinajstić information content (AvgIpc) is 1.68. The van der Waals surface area contributed by atoms with E-state index in [0.717, 1.165) is 0 Å². The maximum absolute atomic E-state index is 2.40. The molecule has 0 bridgehead atoms. The van der Waals surface area contributed by atoms with Gasteiger partial charge in [-0.15, -0.1) is 0 Å². The van der Waals surface area contributed by atoms with Gasteiger partial charge < -0.3 is 0 Å². The Balaban J connectivity index is 3.29. The first-order valence-electron chi connectivity index (χ1n) is 3.02. The molecule has 48 valence electrons. The smallest absolute Gasteiger partial charge is 0.00324 e. The molecule has 0 saturated heterocycles. The van der Waals surface area contributed by atoms with Crippen LogP contribution in [0.1, 0.15) is 26.7 Å².